The summed E-state index contributed by atoms with van der Waals surface area (Å²) in [5.41, 5.74) is 5.84. The monoisotopic (exact) mass is 474 g/mol. The summed E-state index contributed by atoms with van der Waals surface area (Å²) in [7, 11) is 5.05. The topological polar surface area (TPSA) is 177 Å². The van der Waals surface area contributed by atoms with E-state index in [1.54, 1.807) is 24.3 Å². The Labute approximate surface area is 199 Å². The van der Waals surface area contributed by atoms with Crippen LogP contribution in [0.2, 0.25) is 0 Å². The molecule has 1 aromatic rings. The number of amides is 4. The lowest BCUT2D eigenvalue weighted by Gasteiger charge is -2.24. The molecule has 0 spiro atoms. The van der Waals surface area contributed by atoms with Crippen molar-refractivity contribution in [2.45, 2.75) is 57.8 Å². The zero-order chi connectivity index (χ0) is 25.7. The molecule has 0 aromatic heterocycles. The average Bonchev–Trinajstić information content (AvgIpc) is 2.77. The second-order valence-electron chi connectivity index (χ2n) is 8.09. The van der Waals surface area contributed by atoms with E-state index in [9.17, 15) is 29.1 Å². The molecule has 0 fully saturated rings. The van der Waals surface area contributed by atoms with Crippen molar-refractivity contribution in [3.05, 3.63) is 35.9 Å². The molecule has 3 atom stereocenters. The highest BCUT2D eigenvalue weighted by molar-refractivity contribution is 6.57. The third-order valence-electron chi connectivity index (χ3n) is 4.66. The molecular weight excluding hydrogens is 443 g/mol. The number of carbonyl (C=O) groups is 5. The molecule has 0 saturated carbocycles. The van der Waals surface area contributed by atoms with E-state index in [2.05, 4.69) is 16.0 Å². The van der Waals surface area contributed by atoms with Crippen molar-refractivity contribution in [1.29, 1.82) is 0 Å². The highest BCUT2D eigenvalue weighted by atomic mass is 16.5. The first-order valence-electron chi connectivity index (χ1n) is 10.8. The minimum Gasteiger partial charge on any atom is -0.459 e. The zero-order valence-corrected chi connectivity index (χ0v) is 19.3. The van der Waals surface area contributed by atoms with Gasteiger partial charge in [0.05, 0.1) is 6.61 Å². The molecular formula is C22H31BN4O7. The van der Waals surface area contributed by atoms with Gasteiger partial charge in [0.2, 0.25) is 25.6 Å². The average molecular weight is 474 g/mol. The summed E-state index contributed by atoms with van der Waals surface area (Å²) in [6, 6.07) is 5.29. The van der Waals surface area contributed by atoms with E-state index in [-0.39, 0.29) is 31.8 Å². The second-order valence-corrected chi connectivity index (χ2v) is 8.09. The Bertz CT molecular complexity index is 851. The molecule has 0 aliphatic heterocycles. The van der Waals surface area contributed by atoms with Gasteiger partial charge in [0.1, 0.15) is 24.7 Å². The molecule has 0 bridgehead atoms. The van der Waals surface area contributed by atoms with Gasteiger partial charge in [0.25, 0.3) is 0 Å². The maximum Gasteiger partial charge on any atom is 0.328 e. The third kappa shape index (κ3) is 10.9. The Morgan fingerprint density at radius 3 is 2.09 bits per heavy atom. The fourth-order valence-corrected chi connectivity index (χ4v) is 2.98. The number of esters is 1. The van der Waals surface area contributed by atoms with E-state index >= 15 is 0 Å². The number of aliphatic hydroxyl groups excluding tert-OH is 1. The minimum absolute atomic E-state index is 0.0185. The van der Waals surface area contributed by atoms with Gasteiger partial charge in [-0.15, -0.1) is 0 Å². The minimum atomic E-state index is -1.44. The normalized spacial score (nSPS) is 13.3. The summed E-state index contributed by atoms with van der Waals surface area (Å²) in [4.78, 5) is 60.0. The fourth-order valence-electron chi connectivity index (χ4n) is 2.98. The van der Waals surface area contributed by atoms with E-state index in [0.717, 1.165) is 5.56 Å². The quantitative estimate of drug-likeness (QED) is 0.174. The fraction of sp³-hybridized carbons (Fsp3) is 0.500. The molecule has 6 N–H and O–H groups in total. The molecule has 0 aliphatic carbocycles. The lowest BCUT2D eigenvalue weighted by Crippen LogP contribution is -2.57. The van der Waals surface area contributed by atoms with E-state index < -0.39 is 54.2 Å². The van der Waals surface area contributed by atoms with Crippen LogP contribution in [0.25, 0.3) is 0 Å². The molecule has 1 aromatic carbocycles. The van der Waals surface area contributed by atoms with Crippen molar-refractivity contribution in [2.24, 2.45) is 11.7 Å². The van der Waals surface area contributed by atoms with Crippen LogP contribution < -0.4 is 21.7 Å². The van der Waals surface area contributed by atoms with Gasteiger partial charge >= 0.3 is 5.97 Å². The van der Waals surface area contributed by atoms with Gasteiger partial charge in [-0.3, -0.25) is 19.2 Å². The SMILES string of the molecule is [B]C(=O)N[C@@H](CCC(N)=O)C(=O)N[C@@H](CO)C(=O)N[C@@H](CC(C)C)C(=O)OCc1ccccc1. The number of primary amides is 1. The summed E-state index contributed by atoms with van der Waals surface area (Å²) < 4.78 is 5.31. The van der Waals surface area contributed by atoms with Crippen LogP contribution in [0.3, 0.4) is 0 Å². The molecule has 0 aliphatic rings. The number of nitrogens with one attached hydrogen (secondary N) is 3. The first-order valence-corrected chi connectivity index (χ1v) is 10.8. The number of benzene rings is 1. The number of hydrogen-bond donors (Lipinski definition) is 5. The van der Waals surface area contributed by atoms with Crippen LogP contribution in [-0.4, -0.2) is 67.2 Å². The Kier molecular flexibility index (Phi) is 12.4. The number of carbonyl (C=O) groups excluding carboxylic acids is 5. The van der Waals surface area contributed by atoms with Crippen LogP contribution in [0.15, 0.2) is 30.3 Å². The summed E-state index contributed by atoms with van der Waals surface area (Å²) in [5.74, 6) is -4.05. The van der Waals surface area contributed by atoms with Crippen molar-refractivity contribution in [3.63, 3.8) is 0 Å². The van der Waals surface area contributed by atoms with E-state index in [0.29, 0.717) is 0 Å². The summed E-state index contributed by atoms with van der Waals surface area (Å²) in [6.07, 6.45) is -0.125. The highest BCUT2D eigenvalue weighted by Crippen LogP contribution is 2.09. The number of rotatable bonds is 14. The number of nitrogens with two attached hydrogens (primary N) is 1. The van der Waals surface area contributed by atoms with Gasteiger partial charge in [-0.05, 0) is 24.3 Å². The Balaban J connectivity index is 2.82. The summed E-state index contributed by atoms with van der Waals surface area (Å²) in [5, 5.41) is 16.6. The molecule has 34 heavy (non-hydrogen) atoms. The van der Waals surface area contributed by atoms with Crippen LogP contribution in [0, 0.1) is 5.92 Å². The number of hydrogen-bond acceptors (Lipinski definition) is 7. The van der Waals surface area contributed by atoms with E-state index in [4.69, 9.17) is 18.3 Å². The van der Waals surface area contributed by atoms with Crippen LogP contribution >= 0.6 is 0 Å². The summed E-state index contributed by atoms with van der Waals surface area (Å²) in [6.45, 7) is 2.94. The highest BCUT2D eigenvalue weighted by Gasteiger charge is 2.30. The van der Waals surface area contributed by atoms with Gasteiger partial charge in [-0.2, -0.15) is 0 Å². The van der Waals surface area contributed by atoms with Crippen LogP contribution in [0.4, 0.5) is 4.79 Å². The smallest absolute Gasteiger partial charge is 0.328 e. The van der Waals surface area contributed by atoms with Crippen LogP contribution in [0.5, 0.6) is 0 Å². The van der Waals surface area contributed by atoms with Crippen molar-refractivity contribution < 1.29 is 33.8 Å². The first-order chi connectivity index (χ1) is 16.0. The van der Waals surface area contributed by atoms with Gasteiger partial charge in [0.15, 0.2) is 5.81 Å². The maximum absolute atomic E-state index is 12.7. The molecule has 1 rings (SSSR count). The van der Waals surface area contributed by atoms with Gasteiger partial charge < -0.3 is 31.5 Å². The Hall–Kier alpha value is -3.41. The number of aliphatic hydroxyl groups is 1. The van der Waals surface area contributed by atoms with E-state index in [1.165, 1.54) is 0 Å². The largest absolute Gasteiger partial charge is 0.459 e. The Morgan fingerprint density at radius 2 is 1.56 bits per heavy atom. The maximum atomic E-state index is 12.7. The molecule has 11 nitrogen and oxygen atoms in total. The molecule has 0 heterocycles. The van der Waals surface area contributed by atoms with Crippen molar-refractivity contribution in [3.8, 4) is 0 Å². The molecule has 4 amide bonds. The lowest BCUT2D eigenvalue weighted by atomic mass is 10.0. The van der Waals surface area contributed by atoms with Crippen molar-refractivity contribution in [2.75, 3.05) is 6.61 Å². The molecule has 184 valence electrons. The predicted molar refractivity (Wildman–Crippen MR) is 123 cm³/mol. The third-order valence-corrected chi connectivity index (χ3v) is 4.66. The summed E-state index contributed by atoms with van der Waals surface area (Å²) >= 11 is 0. The predicted octanol–water partition coefficient (Wildman–Crippen LogP) is -0.750. The standard InChI is InChI=1S/C22H31BN4O7/c1-13(2)10-16(21(32)34-12-14-6-4-3-5-7-14)25-20(31)17(11-28)26-19(30)15(27-22(23)33)8-9-18(24)29/h3-7,13,15-17,28H,8-12H2,1-2H3,(H2,24,29)(H,25,31)(H,26,30)(H,27,33)/t15-,16-,17-/m0/s1. The molecule has 0 unspecified atom stereocenters. The van der Waals surface area contributed by atoms with Gasteiger partial charge in [-0.1, -0.05) is 44.2 Å². The molecule has 12 heteroatoms. The molecule has 0 saturated heterocycles. The van der Waals surface area contributed by atoms with Crippen molar-refractivity contribution >= 4 is 37.3 Å². The number of ether oxygens (including phenoxy) is 1. The second kappa shape index (κ2) is 14.7. The van der Waals surface area contributed by atoms with Crippen LogP contribution in [-0.2, 0) is 30.5 Å². The molecule has 2 radical (unpaired) electrons. The zero-order valence-electron chi connectivity index (χ0n) is 19.3. The van der Waals surface area contributed by atoms with Gasteiger partial charge in [-0.25, -0.2) is 4.79 Å². The van der Waals surface area contributed by atoms with E-state index in [1.807, 2.05) is 19.9 Å². The van der Waals surface area contributed by atoms with Crippen LogP contribution in [0.1, 0.15) is 38.7 Å². The lowest BCUT2D eigenvalue weighted by molar-refractivity contribution is -0.150. The Morgan fingerprint density at radius 1 is 0.971 bits per heavy atom. The van der Waals surface area contributed by atoms with Crippen molar-refractivity contribution in [1.82, 2.24) is 16.0 Å². The first kappa shape index (κ1) is 28.6. The van der Waals surface area contributed by atoms with Gasteiger partial charge in [0, 0.05) is 6.42 Å².